The van der Waals surface area contributed by atoms with E-state index >= 15 is 0 Å². The maximum absolute atomic E-state index is 13.3. The second-order valence-electron chi connectivity index (χ2n) is 6.41. The minimum Gasteiger partial charge on any atom is -0.497 e. The molecule has 144 valence electrons. The molecule has 0 atom stereocenters. The van der Waals surface area contributed by atoms with Crippen LogP contribution < -0.4 is 4.74 Å². The van der Waals surface area contributed by atoms with Crippen molar-refractivity contribution >= 4 is 29.1 Å². The molecule has 1 aromatic heterocycles. The number of amides is 2. The molecule has 6 heteroatoms. The molecule has 0 unspecified atom stereocenters. The molecule has 0 radical (unpaired) electrons. The number of methoxy groups -OCH3 is 1. The maximum Gasteiger partial charge on any atom is 0.268 e. The van der Waals surface area contributed by atoms with E-state index in [0.29, 0.717) is 21.8 Å². The number of pyridine rings is 1. The molecule has 1 aliphatic rings. The van der Waals surface area contributed by atoms with Gasteiger partial charge in [-0.2, -0.15) is 0 Å². The highest BCUT2D eigenvalue weighted by Crippen LogP contribution is 2.40. The van der Waals surface area contributed by atoms with E-state index < -0.39 is 0 Å². The Morgan fingerprint density at radius 2 is 1.69 bits per heavy atom. The topological polar surface area (TPSA) is 59.5 Å². The fraction of sp³-hybridized carbons (Fsp3) is 0.0870. The number of imide groups is 1. The number of hydrogen-bond donors (Lipinski definition) is 0. The van der Waals surface area contributed by atoms with Crippen molar-refractivity contribution in [2.24, 2.45) is 0 Å². The first-order valence-electron chi connectivity index (χ1n) is 9.04. The molecule has 3 aromatic rings. The predicted molar refractivity (Wildman–Crippen MR) is 112 cm³/mol. The van der Waals surface area contributed by atoms with E-state index in [-0.39, 0.29) is 18.4 Å². The quantitative estimate of drug-likeness (QED) is 0.580. The number of benzene rings is 2. The lowest BCUT2D eigenvalue weighted by Gasteiger charge is -2.15. The van der Waals surface area contributed by atoms with Gasteiger partial charge in [-0.05, 0) is 41.5 Å². The molecule has 2 aromatic carbocycles. The van der Waals surface area contributed by atoms with Crippen molar-refractivity contribution in [3.05, 3.63) is 95.2 Å². The molecule has 1 aliphatic heterocycles. The molecular weight excluding hydrogens is 384 g/mol. The van der Waals surface area contributed by atoms with E-state index in [2.05, 4.69) is 4.98 Å². The zero-order chi connectivity index (χ0) is 20.2. The van der Waals surface area contributed by atoms with Gasteiger partial charge in [0.25, 0.3) is 11.8 Å². The van der Waals surface area contributed by atoms with Gasteiger partial charge in [-0.3, -0.25) is 19.5 Å². The minimum atomic E-state index is -0.303. The monoisotopic (exact) mass is 402 g/mol. The number of thioether (sulfide) groups is 1. The van der Waals surface area contributed by atoms with Crippen LogP contribution in [0.4, 0.5) is 0 Å². The molecule has 0 bridgehead atoms. The van der Waals surface area contributed by atoms with Crippen LogP contribution in [0.2, 0.25) is 0 Å². The van der Waals surface area contributed by atoms with Gasteiger partial charge in [0.2, 0.25) is 0 Å². The van der Waals surface area contributed by atoms with Gasteiger partial charge >= 0.3 is 0 Å². The summed E-state index contributed by atoms with van der Waals surface area (Å²) in [5.41, 5.74) is 1.90. The smallest absolute Gasteiger partial charge is 0.268 e. The number of aromatic nitrogens is 1. The number of nitrogens with zero attached hydrogens (tertiary/aromatic N) is 2. The SMILES string of the molecule is COc1ccc(C2=C(Sc3ccccc3)C(=O)N(Cc3cccnc3)C2=O)cc1. The first-order chi connectivity index (χ1) is 14.2. The lowest BCUT2D eigenvalue weighted by molar-refractivity contribution is -0.137. The Kier molecular flexibility index (Phi) is 5.44. The minimum absolute atomic E-state index is 0.185. The van der Waals surface area contributed by atoms with Crippen LogP contribution in [0, 0.1) is 0 Å². The first-order valence-corrected chi connectivity index (χ1v) is 9.85. The molecule has 2 amide bonds. The van der Waals surface area contributed by atoms with E-state index in [0.717, 1.165) is 10.5 Å². The predicted octanol–water partition coefficient (Wildman–Crippen LogP) is 4.16. The third-order valence-electron chi connectivity index (χ3n) is 4.53. The van der Waals surface area contributed by atoms with Gasteiger partial charge in [0.1, 0.15) is 5.75 Å². The standard InChI is InChI=1S/C23H18N2O3S/c1-28-18-11-9-17(10-12-18)20-21(29-19-7-3-2-4-8-19)23(27)25(22(20)26)15-16-6-5-13-24-14-16/h2-14H,15H2,1H3. The summed E-state index contributed by atoms with van der Waals surface area (Å²) in [4.78, 5) is 33.2. The summed E-state index contributed by atoms with van der Waals surface area (Å²) < 4.78 is 5.21. The van der Waals surface area contributed by atoms with E-state index in [1.165, 1.54) is 16.7 Å². The number of carbonyl (C=O) groups is 2. The Bertz CT molecular complexity index is 1060. The highest BCUT2D eigenvalue weighted by Gasteiger charge is 2.39. The fourth-order valence-electron chi connectivity index (χ4n) is 3.08. The largest absolute Gasteiger partial charge is 0.497 e. The van der Waals surface area contributed by atoms with Crippen LogP contribution in [0.1, 0.15) is 11.1 Å². The molecule has 2 heterocycles. The van der Waals surface area contributed by atoms with Crippen LogP contribution in [0.15, 0.2) is 88.9 Å². The highest BCUT2D eigenvalue weighted by atomic mass is 32.2. The molecular formula is C23H18N2O3S. The molecule has 0 saturated heterocycles. The Morgan fingerprint density at radius 3 is 2.34 bits per heavy atom. The van der Waals surface area contributed by atoms with E-state index in [9.17, 15) is 9.59 Å². The average molecular weight is 402 g/mol. The Balaban J connectivity index is 1.73. The third-order valence-corrected chi connectivity index (χ3v) is 5.62. The Labute approximate surface area is 173 Å². The van der Waals surface area contributed by atoms with Gasteiger partial charge < -0.3 is 4.74 Å². The van der Waals surface area contributed by atoms with Crippen LogP contribution in [0.25, 0.3) is 5.57 Å². The van der Waals surface area contributed by atoms with Crippen molar-refractivity contribution in [2.75, 3.05) is 7.11 Å². The summed E-state index contributed by atoms with van der Waals surface area (Å²) in [6.07, 6.45) is 3.32. The Morgan fingerprint density at radius 1 is 0.931 bits per heavy atom. The molecule has 4 rings (SSSR count). The van der Waals surface area contributed by atoms with Gasteiger partial charge in [-0.25, -0.2) is 0 Å². The van der Waals surface area contributed by atoms with Gasteiger partial charge in [0.05, 0.1) is 24.1 Å². The summed E-state index contributed by atoms with van der Waals surface area (Å²) in [5, 5.41) is 0. The molecule has 5 nitrogen and oxygen atoms in total. The van der Waals surface area contributed by atoms with Crippen LogP contribution in [-0.4, -0.2) is 28.8 Å². The Hall–Kier alpha value is -3.38. The van der Waals surface area contributed by atoms with E-state index in [1.54, 1.807) is 49.8 Å². The molecule has 0 saturated carbocycles. The first kappa shape index (κ1) is 19.0. The maximum atomic E-state index is 13.3. The third kappa shape index (κ3) is 3.93. The highest BCUT2D eigenvalue weighted by molar-refractivity contribution is 8.04. The van der Waals surface area contributed by atoms with E-state index in [1.807, 2.05) is 36.4 Å². The molecule has 0 N–H and O–H groups in total. The number of hydrogen-bond acceptors (Lipinski definition) is 5. The summed E-state index contributed by atoms with van der Waals surface area (Å²) in [7, 11) is 1.59. The molecule has 0 aliphatic carbocycles. The molecule has 29 heavy (non-hydrogen) atoms. The zero-order valence-corrected chi connectivity index (χ0v) is 16.6. The van der Waals surface area contributed by atoms with Crippen molar-refractivity contribution in [3.8, 4) is 5.75 Å². The van der Waals surface area contributed by atoms with Crippen LogP contribution in [0.3, 0.4) is 0 Å². The summed E-state index contributed by atoms with van der Waals surface area (Å²) >= 11 is 1.31. The molecule has 0 spiro atoms. The summed E-state index contributed by atoms with van der Waals surface area (Å²) in [5.74, 6) is 0.0941. The van der Waals surface area contributed by atoms with E-state index in [4.69, 9.17) is 4.74 Å². The van der Waals surface area contributed by atoms with Gasteiger partial charge in [0.15, 0.2) is 0 Å². The molecule has 0 fully saturated rings. The summed E-state index contributed by atoms with van der Waals surface area (Å²) in [6.45, 7) is 0.185. The van der Waals surface area contributed by atoms with Crippen LogP contribution >= 0.6 is 11.8 Å². The summed E-state index contributed by atoms with van der Waals surface area (Å²) in [6, 6.07) is 20.4. The lowest BCUT2D eigenvalue weighted by Crippen LogP contribution is -2.30. The van der Waals surface area contributed by atoms with Gasteiger partial charge in [-0.15, -0.1) is 0 Å². The van der Waals surface area contributed by atoms with Crippen LogP contribution in [0.5, 0.6) is 5.75 Å². The van der Waals surface area contributed by atoms with Crippen molar-refractivity contribution < 1.29 is 14.3 Å². The van der Waals surface area contributed by atoms with Crippen molar-refractivity contribution in [2.45, 2.75) is 11.4 Å². The van der Waals surface area contributed by atoms with Gasteiger partial charge in [-0.1, -0.05) is 48.2 Å². The second-order valence-corrected chi connectivity index (χ2v) is 7.49. The number of rotatable bonds is 6. The van der Waals surface area contributed by atoms with Crippen molar-refractivity contribution in [1.29, 1.82) is 0 Å². The lowest BCUT2D eigenvalue weighted by atomic mass is 10.1. The van der Waals surface area contributed by atoms with Gasteiger partial charge in [0, 0.05) is 17.3 Å². The average Bonchev–Trinajstić information content (AvgIpc) is 2.99. The second kappa shape index (κ2) is 8.32. The fourth-order valence-corrected chi connectivity index (χ4v) is 4.12. The zero-order valence-electron chi connectivity index (χ0n) is 15.7. The number of ether oxygens (including phenoxy) is 1. The van der Waals surface area contributed by atoms with Crippen molar-refractivity contribution in [1.82, 2.24) is 9.88 Å². The normalized spacial score (nSPS) is 13.9. The van der Waals surface area contributed by atoms with Crippen LogP contribution in [-0.2, 0) is 16.1 Å². The van der Waals surface area contributed by atoms with Crippen molar-refractivity contribution in [3.63, 3.8) is 0 Å². The number of carbonyl (C=O) groups excluding carboxylic acids is 2.